The molecule has 1 fully saturated rings. The van der Waals surface area contributed by atoms with Crippen LogP contribution in [0.1, 0.15) is 62.5 Å². The second-order valence-electron chi connectivity index (χ2n) is 9.05. The molecular weight excluding hydrogens is 432 g/mol. The number of carboxylic acid groups (broad SMARTS) is 1. The molecule has 0 bridgehead atoms. The smallest absolute Gasteiger partial charge is 0.407 e. The summed E-state index contributed by atoms with van der Waals surface area (Å²) in [6.07, 6.45) is 3.38. The van der Waals surface area contributed by atoms with Gasteiger partial charge in [0.05, 0.1) is 0 Å². The quantitative estimate of drug-likeness (QED) is 0.598. The SMILES string of the molecule is CCCC[C@H](NC(=O)OCC1c2ccccc2-c2ccccc21)C(=O)N1CCCC[C@H]1C(=O)O. The molecule has 1 heterocycles. The molecular formula is C27H32N2O5. The number of likely N-dealkylation sites (tertiary alicyclic amines) is 1. The molecule has 2 aromatic rings. The first-order valence-electron chi connectivity index (χ1n) is 12.2. The van der Waals surface area contributed by atoms with E-state index in [4.69, 9.17) is 4.74 Å². The number of piperidine rings is 1. The largest absolute Gasteiger partial charge is 0.480 e. The monoisotopic (exact) mass is 464 g/mol. The Morgan fingerprint density at radius 3 is 2.32 bits per heavy atom. The maximum absolute atomic E-state index is 13.2. The second-order valence-corrected chi connectivity index (χ2v) is 9.05. The van der Waals surface area contributed by atoms with Gasteiger partial charge in [-0.3, -0.25) is 4.79 Å². The van der Waals surface area contributed by atoms with Gasteiger partial charge in [-0.15, -0.1) is 0 Å². The van der Waals surface area contributed by atoms with Gasteiger partial charge in [-0.2, -0.15) is 0 Å². The number of hydrogen-bond donors (Lipinski definition) is 2. The van der Waals surface area contributed by atoms with Crippen LogP contribution in [-0.2, 0) is 14.3 Å². The highest BCUT2D eigenvalue weighted by Crippen LogP contribution is 2.44. The van der Waals surface area contributed by atoms with Crippen molar-refractivity contribution < 1.29 is 24.2 Å². The van der Waals surface area contributed by atoms with Crippen molar-refractivity contribution in [2.24, 2.45) is 0 Å². The molecule has 4 rings (SSSR count). The van der Waals surface area contributed by atoms with E-state index in [1.165, 1.54) is 4.90 Å². The Bertz CT molecular complexity index is 1010. The Morgan fingerprint density at radius 1 is 1.06 bits per heavy atom. The predicted octanol–water partition coefficient (Wildman–Crippen LogP) is 4.55. The highest BCUT2D eigenvalue weighted by atomic mass is 16.5. The summed E-state index contributed by atoms with van der Waals surface area (Å²) in [5.41, 5.74) is 4.53. The van der Waals surface area contributed by atoms with Crippen molar-refractivity contribution in [2.75, 3.05) is 13.2 Å². The molecule has 34 heavy (non-hydrogen) atoms. The lowest BCUT2D eigenvalue weighted by Gasteiger charge is -2.35. The molecule has 0 aromatic heterocycles. The number of carbonyl (C=O) groups is 3. The van der Waals surface area contributed by atoms with Gasteiger partial charge in [-0.05, 0) is 47.9 Å². The Labute approximate surface area is 200 Å². The maximum Gasteiger partial charge on any atom is 0.407 e. The first-order valence-corrected chi connectivity index (χ1v) is 12.2. The van der Waals surface area contributed by atoms with Crippen LogP contribution < -0.4 is 5.32 Å². The van der Waals surface area contributed by atoms with Gasteiger partial charge in [0.25, 0.3) is 0 Å². The highest BCUT2D eigenvalue weighted by molar-refractivity contribution is 5.89. The van der Waals surface area contributed by atoms with E-state index in [0.717, 1.165) is 47.9 Å². The summed E-state index contributed by atoms with van der Waals surface area (Å²) in [5.74, 6) is -1.40. The van der Waals surface area contributed by atoms with E-state index in [9.17, 15) is 19.5 Å². The number of benzene rings is 2. The molecule has 2 aliphatic rings. The van der Waals surface area contributed by atoms with E-state index in [0.29, 0.717) is 19.4 Å². The van der Waals surface area contributed by atoms with Crippen LogP contribution in [0, 0.1) is 0 Å². The normalized spacial score (nSPS) is 18.0. The molecule has 7 heteroatoms. The minimum atomic E-state index is -0.997. The Hall–Kier alpha value is -3.35. The molecule has 1 aliphatic heterocycles. The van der Waals surface area contributed by atoms with Crippen LogP contribution in [0.15, 0.2) is 48.5 Å². The first-order chi connectivity index (χ1) is 16.5. The molecule has 2 aromatic carbocycles. The van der Waals surface area contributed by atoms with Crippen molar-refractivity contribution in [3.8, 4) is 11.1 Å². The van der Waals surface area contributed by atoms with Crippen LogP contribution in [0.2, 0.25) is 0 Å². The lowest BCUT2D eigenvalue weighted by atomic mass is 9.98. The number of amides is 2. The minimum absolute atomic E-state index is 0.0681. The number of rotatable bonds is 8. The number of carbonyl (C=O) groups excluding carboxylic acids is 2. The molecule has 180 valence electrons. The maximum atomic E-state index is 13.2. The summed E-state index contributed by atoms with van der Waals surface area (Å²) in [6, 6.07) is 14.6. The average Bonchev–Trinajstić information content (AvgIpc) is 3.18. The number of ether oxygens (including phenoxy) is 1. The number of hydrogen-bond acceptors (Lipinski definition) is 4. The molecule has 0 spiro atoms. The van der Waals surface area contributed by atoms with Crippen molar-refractivity contribution in [1.82, 2.24) is 10.2 Å². The number of nitrogens with one attached hydrogen (secondary N) is 1. The summed E-state index contributed by atoms with van der Waals surface area (Å²) in [5, 5.41) is 12.3. The van der Waals surface area contributed by atoms with Crippen LogP contribution in [0.3, 0.4) is 0 Å². The van der Waals surface area contributed by atoms with Gasteiger partial charge in [0, 0.05) is 12.5 Å². The van der Waals surface area contributed by atoms with Gasteiger partial charge in [-0.1, -0.05) is 68.3 Å². The van der Waals surface area contributed by atoms with Gasteiger partial charge in [-0.25, -0.2) is 9.59 Å². The zero-order valence-electron chi connectivity index (χ0n) is 19.5. The molecule has 7 nitrogen and oxygen atoms in total. The fraction of sp³-hybridized carbons (Fsp3) is 0.444. The molecule has 2 atom stereocenters. The van der Waals surface area contributed by atoms with E-state index in [1.807, 2.05) is 31.2 Å². The zero-order chi connectivity index (χ0) is 24.1. The Morgan fingerprint density at radius 2 is 1.71 bits per heavy atom. The molecule has 0 saturated carbocycles. The Balaban J connectivity index is 1.44. The molecule has 2 amide bonds. The van der Waals surface area contributed by atoms with Crippen LogP contribution >= 0.6 is 0 Å². The number of unbranched alkanes of at least 4 members (excludes halogenated alkanes) is 1. The van der Waals surface area contributed by atoms with E-state index in [-0.39, 0.29) is 18.4 Å². The van der Waals surface area contributed by atoms with Gasteiger partial charge < -0.3 is 20.1 Å². The molecule has 0 unspecified atom stereocenters. The van der Waals surface area contributed by atoms with E-state index in [1.54, 1.807) is 0 Å². The van der Waals surface area contributed by atoms with Gasteiger partial charge in [0.1, 0.15) is 18.7 Å². The standard InChI is InChI=1S/C27H32N2O5/c1-2-3-14-23(25(30)29-16-9-8-15-24(29)26(31)32)28-27(33)34-17-22-20-12-6-4-10-18(20)19-11-5-7-13-21(19)22/h4-7,10-13,22-24H,2-3,8-9,14-17H2,1H3,(H,28,33)(H,31,32)/t23-,24-/m0/s1. The zero-order valence-corrected chi connectivity index (χ0v) is 19.5. The average molecular weight is 465 g/mol. The van der Waals surface area contributed by atoms with Gasteiger partial charge in [0.2, 0.25) is 5.91 Å². The van der Waals surface area contributed by atoms with Crippen molar-refractivity contribution in [1.29, 1.82) is 0 Å². The summed E-state index contributed by atoms with van der Waals surface area (Å²) in [7, 11) is 0. The Kier molecular flexibility index (Phi) is 7.50. The van der Waals surface area contributed by atoms with Crippen molar-refractivity contribution in [3.63, 3.8) is 0 Å². The summed E-state index contributed by atoms with van der Waals surface area (Å²) in [6.45, 7) is 2.57. The van der Waals surface area contributed by atoms with Crippen molar-refractivity contribution in [3.05, 3.63) is 59.7 Å². The minimum Gasteiger partial charge on any atom is -0.480 e. The summed E-state index contributed by atoms with van der Waals surface area (Å²) >= 11 is 0. The highest BCUT2D eigenvalue weighted by Gasteiger charge is 2.36. The third-order valence-corrected chi connectivity index (χ3v) is 6.85. The number of alkyl carbamates (subject to hydrolysis) is 1. The third-order valence-electron chi connectivity index (χ3n) is 6.85. The topological polar surface area (TPSA) is 95.9 Å². The summed E-state index contributed by atoms with van der Waals surface area (Å²) in [4.78, 5) is 39.1. The molecule has 2 N–H and O–H groups in total. The second kappa shape index (κ2) is 10.7. The molecule has 1 aliphatic carbocycles. The van der Waals surface area contributed by atoms with E-state index >= 15 is 0 Å². The number of fused-ring (bicyclic) bond motifs is 3. The van der Waals surface area contributed by atoms with E-state index < -0.39 is 24.1 Å². The first kappa shape index (κ1) is 23.8. The van der Waals surface area contributed by atoms with Crippen LogP contribution in [0.5, 0.6) is 0 Å². The molecule has 0 radical (unpaired) electrons. The summed E-state index contributed by atoms with van der Waals surface area (Å²) < 4.78 is 5.62. The van der Waals surface area contributed by atoms with Crippen molar-refractivity contribution in [2.45, 2.75) is 63.5 Å². The predicted molar refractivity (Wildman–Crippen MR) is 129 cm³/mol. The van der Waals surface area contributed by atoms with Gasteiger partial charge >= 0.3 is 12.1 Å². The van der Waals surface area contributed by atoms with Crippen LogP contribution in [0.4, 0.5) is 4.79 Å². The number of carboxylic acids is 1. The van der Waals surface area contributed by atoms with Gasteiger partial charge in [0.15, 0.2) is 0 Å². The fourth-order valence-corrected chi connectivity index (χ4v) is 5.10. The fourth-order valence-electron chi connectivity index (χ4n) is 5.10. The van der Waals surface area contributed by atoms with Crippen LogP contribution in [0.25, 0.3) is 11.1 Å². The van der Waals surface area contributed by atoms with Crippen LogP contribution in [-0.4, -0.2) is 53.2 Å². The lowest BCUT2D eigenvalue weighted by Crippen LogP contribution is -2.55. The molecule has 1 saturated heterocycles. The van der Waals surface area contributed by atoms with Crippen molar-refractivity contribution >= 4 is 18.0 Å². The van der Waals surface area contributed by atoms with E-state index in [2.05, 4.69) is 29.6 Å². The lowest BCUT2D eigenvalue weighted by molar-refractivity contribution is -0.153. The third kappa shape index (κ3) is 4.93. The number of aliphatic carboxylic acids is 1. The number of nitrogens with zero attached hydrogens (tertiary/aromatic N) is 1.